The molecule has 6 heteroatoms. The molecule has 0 amide bonds. The number of carbonyl (C=O) groups is 1. The normalized spacial score (nSPS) is 21.3. The van der Waals surface area contributed by atoms with Crippen LogP contribution in [0.1, 0.15) is 24.2 Å². The molecule has 0 aliphatic carbocycles. The minimum atomic E-state index is -3.57. The monoisotopic (exact) mass is 283 g/mol. The van der Waals surface area contributed by atoms with Crippen LogP contribution in [0.3, 0.4) is 0 Å². The smallest absolute Gasteiger partial charge is 0.243 e. The number of rotatable bonds is 3. The van der Waals surface area contributed by atoms with Crippen molar-refractivity contribution in [1.82, 2.24) is 4.31 Å². The van der Waals surface area contributed by atoms with Crippen molar-refractivity contribution in [3.8, 4) is 0 Å². The molecule has 1 aliphatic rings. The number of hydrogen-bond acceptors (Lipinski definition) is 4. The summed E-state index contributed by atoms with van der Waals surface area (Å²) < 4.78 is 31.7. The number of nitrogens with zero attached hydrogens (tertiary/aromatic N) is 1. The summed E-state index contributed by atoms with van der Waals surface area (Å²) in [4.78, 5) is 11.5. The Balaban J connectivity index is 2.38. The Kier molecular flexibility index (Phi) is 4.03. The Labute approximate surface area is 113 Å². The highest BCUT2D eigenvalue weighted by molar-refractivity contribution is 7.89. The van der Waals surface area contributed by atoms with E-state index < -0.39 is 10.0 Å². The summed E-state index contributed by atoms with van der Waals surface area (Å²) in [5.41, 5.74) is 0.405. The van der Waals surface area contributed by atoms with Gasteiger partial charge >= 0.3 is 0 Å². The third-order valence-electron chi connectivity index (χ3n) is 3.15. The summed E-state index contributed by atoms with van der Waals surface area (Å²) in [5, 5.41) is 0. The van der Waals surface area contributed by atoms with E-state index in [0.29, 0.717) is 25.3 Å². The van der Waals surface area contributed by atoms with Gasteiger partial charge in [0.2, 0.25) is 10.0 Å². The van der Waals surface area contributed by atoms with Crippen LogP contribution in [0, 0.1) is 0 Å². The van der Waals surface area contributed by atoms with Gasteiger partial charge < -0.3 is 4.74 Å². The maximum absolute atomic E-state index is 12.5. The summed E-state index contributed by atoms with van der Waals surface area (Å²) in [6, 6.07) is 5.96. The quantitative estimate of drug-likeness (QED) is 0.784. The number of morpholine rings is 1. The molecule has 5 nitrogen and oxygen atoms in total. The van der Waals surface area contributed by atoms with E-state index in [1.165, 1.54) is 23.4 Å². The molecule has 0 unspecified atom stereocenters. The highest BCUT2D eigenvalue weighted by Gasteiger charge is 2.31. The Morgan fingerprint density at radius 3 is 2.79 bits per heavy atom. The van der Waals surface area contributed by atoms with Crippen LogP contribution in [-0.4, -0.2) is 44.3 Å². The first kappa shape index (κ1) is 14.2. The summed E-state index contributed by atoms with van der Waals surface area (Å²) in [6.07, 6.45) is 0. The van der Waals surface area contributed by atoms with Crippen LogP contribution in [0.5, 0.6) is 0 Å². The summed E-state index contributed by atoms with van der Waals surface area (Å²) >= 11 is 0. The average molecular weight is 283 g/mol. The molecule has 1 saturated heterocycles. The second-order valence-electron chi connectivity index (χ2n) is 4.62. The van der Waals surface area contributed by atoms with Gasteiger partial charge in [-0.05, 0) is 26.0 Å². The second-order valence-corrected chi connectivity index (χ2v) is 6.51. The number of Topliss-reactive ketones (excluding diaryl/α,β-unsaturated/α-hetero) is 1. The van der Waals surface area contributed by atoms with Crippen molar-refractivity contribution in [3.05, 3.63) is 29.8 Å². The topological polar surface area (TPSA) is 63.7 Å². The lowest BCUT2D eigenvalue weighted by Crippen LogP contribution is -2.46. The lowest BCUT2D eigenvalue weighted by atomic mass is 10.2. The van der Waals surface area contributed by atoms with Crippen molar-refractivity contribution in [2.45, 2.75) is 24.8 Å². The summed E-state index contributed by atoms with van der Waals surface area (Å²) in [7, 11) is -3.57. The second kappa shape index (κ2) is 5.40. The number of sulfonamides is 1. The molecule has 0 saturated carbocycles. The standard InChI is InChI=1S/C13H17NO4S/c1-10-9-18-7-6-14(10)19(16,17)13-5-3-4-12(8-13)11(2)15/h3-5,8,10H,6-7,9H2,1-2H3/t10-/m0/s1. The predicted molar refractivity (Wildman–Crippen MR) is 70.6 cm³/mol. The van der Waals surface area contributed by atoms with Crippen molar-refractivity contribution < 1.29 is 17.9 Å². The largest absolute Gasteiger partial charge is 0.378 e. The summed E-state index contributed by atoms with van der Waals surface area (Å²) in [6.45, 7) is 4.37. The van der Waals surface area contributed by atoms with E-state index >= 15 is 0 Å². The Morgan fingerprint density at radius 1 is 1.42 bits per heavy atom. The van der Waals surface area contributed by atoms with Crippen LogP contribution in [-0.2, 0) is 14.8 Å². The zero-order chi connectivity index (χ0) is 14.0. The van der Waals surface area contributed by atoms with Gasteiger partial charge in [0, 0.05) is 18.2 Å². The molecule has 1 aromatic carbocycles. The molecule has 1 fully saturated rings. The average Bonchev–Trinajstić information content (AvgIpc) is 2.39. The van der Waals surface area contributed by atoms with Gasteiger partial charge in [0.25, 0.3) is 0 Å². The van der Waals surface area contributed by atoms with E-state index in [2.05, 4.69) is 0 Å². The lowest BCUT2D eigenvalue weighted by Gasteiger charge is -2.32. The first-order valence-corrected chi connectivity index (χ1v) is 7.57. The first-order chi connectivity index (χ1) is 8.93. The zero-order valence-corrected chi connectivity index (χ0v) is 11.8. The maximum Gasteiger partial charge on any atom is 0.243 e. The maximum atomic E-state index is 12.5. The highest BCUT2D eigenvalue weighted by Crippen LogP contribution is 2.21. The Bertz CT molecular complexity index is 582. The minimum Gasteiger partial charge on any atom is -0.378 e. The molecule has 0 aromatic heterocycles. The van der Waals surface area contributed by atoms with Gasteiger partial charge in [-0.2, -0.15) is 4.31 Å². The van der Waals surface area contributed by atoms with Crippen LogP contribution in [0.4, 0.5) is 0 Å². The van der Waals surface area contributed by atoms with E-state index in [0.717, 1.165) is 0 Å². The molecule has 104 valence electrons. The molecule has 0 spiro atoms. The van der Waals surface area contributed by atoms with Crippen molar-refractivity contribution in [2.75, 3.05) is 19.8 Å². The van der Waals surface area contributed by atoms with Gasteiger partial charge in [-0.3, -0.25) is 4.79 Å². The fourth-order valence-electron chi connectivity index (χ4n) is 2.08. The van der Waals surface area contributed by atoms with E-state index in [1.54, 1.807) is 12.1 Å². The van der Waals surface area contributed by atoms with Crippen LogP contribution in [0.15, 0.2) is 29.2 Å². The molecule has 1 aromatic rings. The highest BCUT2D eigenvalue weighted by atomic mass is 32.2. The first-order valence-electron chi connectivity index (χ1n) is 6.13. The van der Waals surface area contributed by atoms with Gasteiger partial charge in [0.05, 0.1) is 18.1 Å². The van der Waals surface area contributed by atoms with Crippen molar-refractivity contribution >= 4 is 15.8 Å². The molecular formula is C13H17NO4S. The fourth-order valence-corrected chi connectivity index (χ4v) is 3.73. The van der Waals surface area contributed by atoms with Crippen molar-refractivity contribution in [3.63, 3.8) is 0 Å². The molecule has 19 heavy (non-hydrogen) atoms. The Morgan fingerprint density at radius 2 is 2.16 bits per heavy atom. The van der Waals surface area contributed by atoms with Crippen LogP contribution >= 0.6 is 0 Å². The van der Waals surface area contributed by atoms with Gasteiger partial charge in [0.15, 0.2) is 5.78 Å². The minimum absolute atomic E-state index is 0.146. The number of carbonyl (C=O) groups excluding carboxylic acids is 1. The third kappa shape index (κ3) is 2.86. The van der Waals surface area contributed by atoms with E-state index in [9.17, 15) is 13.2 Å². The van der Waals surface area contributed by atoms with E-state index in [-0.39, 0.29) is 16.7 Å². The van der Waals surface area contributed by atoms with Crippen LogP contribution in [0.2, 0.25) is 0 Å². The number of ether oxygens (including phenoxy) is 1. The lowest BCUT2D eigenvalue weighted by molar-refractivity contribution is 0.0393. The molecule has 1 heterocycles. The molecule has 1 aliphatic heterocycles. The number of ketones is 1. The van der Waals surface area contributed by atoms with Crippen LogP contribution in [0.25, 0.3) is 0 Å². The molecular weight excluding hydrogens is 266 g/mol. The van der Waals surface area contributed by atoms with Crippen molar-refractivity contribution in [2.24, 2.45) is 0 Å². The van der Waals surface area contributed by atoms with E-state index in [4.69, 9.17) is 4.74 Å². The van der Waals surface area contributed by atoms with E-state index in [1.807, 2.05) is 6.92 Å². The number of hydrogen-bond donors (Lipinski definition) is 0. The SMILES string of the molecule is CC(=O)c1cccc(S(=O)(=O)N2CCOC[C@@H]2C)c1. The molecule has 1 atom stereocenters. The fraction of sp³-hybridized carbons (Fsp3) is 0.462. The van der Waals surface area contributed by atoms with Gasteiger partial charge in [-0.1, -0.05) is 12.1 Å². The van der Waals surface area contributed by atoms with Crippen molar-refractivity contribution in [1.29, 1.82) is 0 Å². The predicted octanol–water partition coefficient (Wildman–Crippen LogP) is 1.30. The third-order valence-corrected chi connectivity index (χ3v) is 5.16. The van der Waals surface area contributed by atoms with Crippen LogP contribution < -0.4 is 0 Å². The number of benzene rings is 1. The molecule has 2 rings (SSSR count). The Hall–Kier alpha value is -1.24. The summed E-state index contributed by atoms with van der Waals surface area (Å²) in [5.74, 6) is -0.146. The molecule has 0 N–H and O–H groups in total. The van der Waals surface area contributed by atoms with Gasteiger partial charge in [0.1, 0.15) is 0 Å². The molecule has 0 radical (unpaired) electrons. The molecule has 0 bridgehead atoms. The van der Waals surface area contributed by atoms with Gasteiger partial charge in [-0.25, -0.2) is 8.42 Å². The zero-order valence-electron chi connectivity index (χ0n) is 11.0. The van der Waals surface area contributed by atoms with Gasteiger partial charge in [-0.15, -0.1) is 0 Å².